The molecule has 3 rings (SSSR count). The van der Waals surface area contributed by atoms with Crippen LogP contribution >= 0.6 is 0 Å². The Bertz CT molecular complexity index is 887. The Hall–Kier alpha value is -3.28. The maximum atomic E-state index is 5.36. The molecule has 146 valence electrons. The van der Waals surface area contributed by atoms with Gasteiger partial charge in [-0.2, -0.15) is 0 Å². The number of hydrogen-bond donors (Lipinski definition) is 2. The van der Waals surface area contributed by atoms with Crippen molar-refractivity contribution in [1.29, 1.82) is 0 Å². The lowest BCUT2D eigenvalue weighted by atomic mass is 10.1. The summed E-state index contributed by atoms with van der Waals surface area (Å²) in [7, 11) is 3.28. The van der Waals surface area contributed by atoms with Gasteiger partial charge in [0.05, 0.1) is 14.2 Å². The number of hydrogen-bond acceptors (Lipinski definition) is 6. The van der Waals surface area contributed by atoms with E-state index >= 15 is 0 Å². The Morgan fingerprint density at radius 3 is 2.39 bits per heavy atom. The SMILES string of the molecule is COc1ccc(CCNc2cc(NC(C)c3ccccc3)ncn2)cc1OC. The zero-order valence-electron chi connectivity index (χ0n) is 16.5. The van der Waals surface area contributed by atoms with Crippen LogP contribution in [0.25, 0.3) is 0 Å². The molecule has 3 aromatic rings. The number of methoxy groups -OCH3 is 2. The monoisotopic (exact) mass is 378 g/mol. The lowest BCUT2D eigenvalue weighted by Crippen LogP contribution is -2.10. The van der Waals surface area contributed by atoms with Gasteiger partial charge in [0.25, 0.3) is 0 Å². The molecule has 0 aliphatic heterocycles. The second kappa shape index (κ2) is 9.60. The van der Waals surface area contributed by atoms with Crippen molar-refractivity contribution < 1.29 is 9.47 Å². The van der Waals surface area contributed by atoms with E-state index in [0.717, 1.165) is 41.7 Å². The zero-order valence-corrected chi connectivity index (χ0v) is 16.5. The van der Waals surface area contributed by atoms with Gasteiger partial charge in [0.2, 0.25) is 0 Å². The number of nitrogens with one attached hydrogen (secondary N) is 2. The molecular weight excluding hydrogens is 352 g/mol. The number of nitrogens with zero attached hydrogens (tertiary/aromatic N) is 2. The van der Waals surface area contributed by atoms with Crippen molar-refractivity contribution in [2.24, 2.45) is 0 Å². The van der Waals surface area contributed by atoms with E-state index in [9.17, 15) is 0 Å². The number of aromatic nitrogens is 2. The Labute approximate surface area is 166 Å². The van der Waals surface area contributed by atoms with Gasteiger partial charge in [-0.05, 0) is 36.6 Å². The van der Waals surface area contributed by atoms with Crippen LogP contribution in [0.15, 0.2) is 60.9 Å². The molecule has 0 radical (unpaired) electrons. The third kappa shape index (κ3) is 5.13. The van der Waals surface area contributed by atoms with Crippen molar-refractivity contribution in [3.63, 3.8) is 0 Å². The number of anilines is 2. The van der Waals surface area contributed by atoms with Crippen LogP contribution in [0.5, 0.6) is 11.5 Å². The van der Waals surface area contributed by atoms with Crippen LogP contribution in [0.2, 0.25) is 0 Å². The van der Waals surface area contributed by atoms with Crippen LogP contribution < -0.4 is 20.1 Å². The first-order valence-electron chi connectivity index (χ1n) is 9.28. The van der Waals surface area contributed by atoms with Gasteiger partial charge in [-0.25, -0.2) is 9.97 Å². The summed E-state index contributed by atoms with van der Waals surface area (Å²) in [5.41, 5.74) is 2.37. The van der Waals surface area contributed by atoms with E-state index in [1.54, 1.807) is 20.5 Å². The van der Waals surface area contributed by atoms with Gasteiger partial charge in [0.1, 0.15) is 18.0 Å². The standard InChI is InChI=1S/C22H26N4O2/c1-16(18-7-5-4-6-8-18)26-22-14-21(24-15-25-22)23-12-11-17-9-10-19(27-2)20(13-17)28-3/h4-10,13-16H,11-12H2,1-3H3,(H2,23,24,25,26). The molecule has 1 heterocycles. The van der Waals surface area contributed by atoms with Crippen LogP contribution in [0.4, 0.5) is 11.6 Å². The normalized spacial score (nSPS) is 11.5. The van der Waals surface area contributed by atoms with Crippen LogP contribution in [0.1, 0.15) is 24.1 Å². The van der Waals surface area contributed by atoms with Crippen molar-refractivity contribution in [1.82, 2.24) is 9.97 Å². The van der Waals surface area contributed by atoms with E-state index in [4.69, 9.17) is 9.47 Å². The van der Waals surface area contributed by atoms with E-state index in [2.05, 4.69) is 39.7 Å². The van der Waals surface area contributed by atoms with Gasteiger partial charge < -0.3 is 20.1 Å². The van der Waals surface area contributed by atoms with Crippen molar-refractivity contribution in [3.05, 3.63) is 72.1 Å². The Kier molecular flexibility index (Phi) is 6.68. The molecule has 0 fully saturated rings. The Morgan fingerprint density at radius 2 is 1.64 bits per heavy atom. The first-order valence-corrected chi connectivity index (χ1v) is 9.28. The van der Waals surface area contributed by atoms with E-state index in [1.165, 1.54) is 5.56 Å². The fraction of sp³-hybridized carbons (Fsp3) is 0.273. The average molecular weight is 378 g/mol. The molecule has 1 aromatic heterocycles. The number of benzene rings is 2. The topological polar surface area (TPSA) is 68.3 Å². The predicted molar refractivity (Wildman–Crippen MR) is 112 cm³/mol. The summed E-state index contributed by atoms with van der Waals surface area (Å²) in [6.45, 7) is 2.86. The molecule has 0 aliphatic rings. The Morgan fingerprint density at radius 1 is 0.893 bits per heavy atom. The third-order valence-electron chi connectivity index (χ3n) is 4.50. The summed E-state index contributed by atoms with van der Waals surface area (Å²) < 4.78 is 10.6. The molecule has 2 N–H and O–H groups in total. The molecule has 0 saturated heterocycles. The fourth-order valence-electron chi connectivity index (χ4n) is 2.95. The maximum absolute atomic E-state index is 5.36. The quantitative estimate of drug-likeness (QED) is 0.578. The summed E-state index contributed by atoms with van der Waals surface area (Å²) >= 11 is 0. The molecular formula is C22H26N4O2. The highest BCUT2D eigenvalue weighted by Gasteiger charge is 2.07. The maximum Gasteiger partial charge on any atom is 0.160 e. The van der Waals surface area contributed by atoms with Crippen LogP contribution in [-0.2, 0) is 6.42 Å². The average Bonchev–Trinajstić information content (AvgIpc) is 2.74. The molecule has 0 bridgehead atoms. The molecule has 6 heteroatoms. The molecule has 6 nitrogen and oxygen atoms in total. The van der Waals surface area contributed by atoms with Gasteiger partial charge in [-0.3, -0.25) is 0 Å². The molecule has 28 heavy (non-hydrogen) atoms. The minimum absolute atomic E-state index is 0.163. The number of ether oxygens (including phenoxy) is 2. The van der Waals surface area contributed by atoms with Crippen molar-refractivity contribution in [3.8, 4) is 11.5 Å². The predicted octanol–water partition coefficient (Wildman–Crippen LogP) is 4.32. The molecule has 1 unspecified atom stereocenters. The minimum atomic E-state index is 0.163. The summed E-state index contributed by atoms with van der Waals surface area (Å²) in [6.07, 6.45) is 2.41. The molecule has 0 aliphatic carbocycles. The van der Waals surface area contributed by atoms with Crippen molar-refractivity contribution in [2.75, 3.05) is 31.4 Å². The smallest absolute Gasteiger partial charge is 0.160 e. The van der Waals surface area contributed by atoms with Crippen LogP contribution in [0, 0.1) is 0 Å². The highest BCUT2D eigenvalue weighted by atomic mass is 16.5. The van der Waals surface area contributed by atoms with E-state index < -0.39 is 0 Å². The third-order valence-corrected chi connectivity index (χ3v) is 4.50. The van der Waals surface area contributed by atoms with E-state index in [1.807, 2.05) is 42.5 Å². The first kappa shape index (κ1) is 19.5. The summed E-state index contributed by atoms with van der Waals surface area (Å²) in [5, 5.41) is 6.76. The minimum Gasteiger partial charge on any atom is -0.493 e. The second-order valence-electron chi connectivity index (χ2n) is 6.43. The lowest BCUT2D eigenvalue weighted by Gasteiger charge is -2.15. The highest BCUT2D eigenvalue weighted by Crippen LogP contribution is 2.27. The molecule has 0 amide bonds. The van der Waals surface area contributed by atoms with Gasteiger partial charge in [-0.1, -0.05) is 36.4 Å². The summed E-state index contributed by atoms with van der Waals surface area (Å²) in [4.78, 5) is 8.63. The molecule has 0 saturated carbocycles. The zero-order chi connectivity index (χ0) is 19.8. The van der Waals surface area contributed by atoms with E-state index in [-0.39, 0.29) is 6.04 Å². The molecule has 0 spiro atoms. The van der Waals surface area contributed by atoms with E-state index in [0.29, 0.717) is 0 Å². The Balaban J connectivity index is 1.56. The molecule has 2 aromatic carbocycles. The molecule has 1 atom stereocenters. The van der Waals surface area contributed by atoms with Crippen molar-refractivity contribution >= 4 is 11.6 Å². The van der Waals surface area contributed by atoms with Gasteiger partial charge in [0.15, 0.2) is 11.5 Å². The van der Waals surface area contributed by atoms with Crippen LogP contribution in [-0.4, -0.2) is 30.7 Å². The lowest BCUT2D eigenvalue weighted by molar-refractivity contribution is 0.354. The second-order valence-corrected chi connectivity index (χ2v) is 6.43. The van der Waals surface area contributed by atoms with Gasteiger partial charge in [-0.15, -0.1) is 0 Å². The largest absolute Gasteiger partial charge is 0.493 e. The fourth-order valence-corrected chi connectivity index (χ4v) is 2.95. The van der Waals surface area contributed by atoms with Gasteiger partial charge in [0, 0.05) is 18.7 Å². The summed E-state index contributed by atoms with van der Waals surface area (Å²) in [6, 6.07) is 18.3. The van der Waals surface area contributed by atoms with Crippen LogP contribution in [0.3, 0.4) is 0 Å². The van der Waals surface area contributed by atoms with Gasteiger partial charge >= 0.3 is 0 Å². The van der Waals surface area contributed by atoms with Crippen molar-refractivity contribution in [2.45, 2.75) is 19.4 Å². The summed E-state index contributed by atoms with van der Waals surface area (Å²) in [5.74, 6) is 3.06. The highest BCUT2D eigenvalue weighted by molar-refractivity contribution is 5.48. The first-order chi connectivity index (χ1) is 13.7. The number of rotatable bonds is 9.